The lowest BCUT2D eigenvalue weighted by Crippen LogP contribution is -2.33. The standard InChI is InChI=1S/C22H19N5O4S2/c1-12-10-32-22(24-12)33-11-13-5-7-14(8-6-13)19(29)23-9-17(28)25-16-4-2-3-15-18(16)21(31)27-26-20(15)30/h2-8,10H,9,11H2,1H3,(H,23,29)(H,25,28)(H,26,30)(H,27,31). The number of hydrogen-bond acceptors (Lipinski definition) is 7. The summed E-state index contributed by atoms with van der Waals surface area (Å²) in [6.07, 6.45) is 0. The van der Waals surface area contributed by atoms with E-state index >= 15 is 0 Å². The lowest BCUT2D eigenvalue weighted by atomic mass is 10.1. The highest BCUT2D eigenvalue weighted by atomic mass is 32.2. The number of benzene rings is 2. The van der Waals surface area contributed by atoms with Crippen LogP contribution in [-0.4, -0.2) is 33.5 Å². The second-order valence-corrected chi connectivity index (χ2v) is 9.19. The topological polar surface area (TPSA) is 137 Å². The molecule has 0 aliphatic heterocycles. The van der Waals surface area contributed by atoms with Crippen LogP contribution in [-0.2, 0) is 10.5 Å². The summed E-state index contributed by atoms with van der Waals surface area (Å²) < 4.78 is 0.998. The first-order valence-corrected chi connectivity index (χ1v) is 11.7. The van der Waals surface area contributed by atoms with Crippen molar-refractivity contribution in [1.29, 1.82) is 0 Å². The number of aromatic amines is 2. The molecule has 2 aromatic heterocycles. The van der Waals surface area contributed by atoms with Gasteiger partial charge in [-0.1, -0.05) is 30.0 Å². The van der Waals surface area contributed by atoms with Gasteiger partial charge in [0.1, 0.15) is 4.34 Å². The maximum atomic E-state index is 12.4. The van der Waals surface area contributed by atoms with Crippen molar-refractivity contribution < 1.29 is 9.59 Å². The number of amides is 2. The molecule has 11 heteroatoms. The van der Waals surface area contributed by atoms with Gasteiger partial charge in [-0.25, -0.2) is 4.98 Å². The molecule has 4 rings (SSSR count). The average Bonchev–Trinajstić information content (AvgIpc) is 3.24. The van der Waals surface area contributed by atoms with E-state index in [4.69, 9.17) is 0 Å². The lowest BCUT2D eigenvalue weighted by molar-refractivity contribution is -0.115. The molecule has 33 heavy (non-hydrogen) atoms. The number of nitrogens with one attached hydrogen (secondary N) is 4. The van der Waals surface area contributed by atoms with Crippen LogP contribution < -0.4 is 21.8 Å². The van der Waals surface area contributed by atoms with Crippen molar-refractivity contribution in [1.82, 2.24) is 20.5 Å². The van der Waals surface area contributed by atoms with E-state index in [1.54, 1.807) is 41.3 Å². The molecular formula is C22H19N5O4S2. The minimum absolute atomic E-state index is 0.0716. The Morgan fingerprint density at radius 3 is 2.55 bits per heavy atom. The van der Waals surface area contributed by atoms with Gasteiger partial charge < -0.3 is 10.6 Å². The number of aromatic nitrogens is 3. The molecule has 0 saturated heterocycles. The Labute approximate surface area is 195 Å². The Kier molecular flexibility index (Phi) is 6.71. The maximum absolute atomic E-state index is 12.4. The van der Waals surface area contributed by atoms with Crippen LogP contribution in [0.3, 0.4) is 0 Å². The Morgan fingerprint density at radius 2 is 1.82 bits per heavy atom. The predicted molar refractivity (Wildman–Crippen MR) is 129 cm³/mol. The van der Waals surface area contributed by atoms with Gasteiger partial charge in [-0.05, 0) is 36.8 Å². The molecular weight excluding hydrogens is 462 g/mol. The molecule has 2 heterocycles. The zero-order chi connectivity index (χ0) is 23.4. The van der Waals surface area contributed by atoms with Gasteiger partial charge in [0, 0.05) is 22.4 Å². The Bertz CT molecular complexity index is 1440. The second kappa shape index (κ2) is 9.84. The van der Waals surface area contributed by atoms with E-state index in [0.717, 1.165) is 21.3 Å². The van der Waals surface area contributed by atoms with Crippen LogP contribution >= 0.6 is 23.1 Å². The first-order valence-electron chi connectivity index (χ1n) is 9.86. The van der Waals surface area contributed by atoms with Crippen molar-refractivity contribution in [2.45, 2.75) is 17.0 Å². The highest BCUT2D eigenvalue weighted by Crippen LogP contribution is 2.26. The molecule has 0 unspecified atom stereocenters. The molecule has 0 radical (unpaired) electrons. The van der Waals surface area contributed by atoms with Gasteiger partial charge in [-0.3, -0.25) is 29.4 Å². The van der Waals surface area contributed by atoms with Gasteiger partial charge in [0.2, 0.25) is 5.91 Å². The summed E-state index contributed by atoms with van der Waals surface area (Å²) in [5.74, 6) is -0.182. The number of hydrogen-bond donors (Lipinski definition) is 4. The van der Waals surface area contributed by atoms with Crippen LogP contribution in [0.2, 0.25) is 0 Å². The number of anilines is 1. The van der Waals surface area contributed by atoms with Gasteiger partial charge >= 0.3 is 0 Å². The van der Waals surface area contributed by atoms with Crippen LogP contribution in [0.1, 0.15) is 21.6 Å². The van der Waals surface area contributed by atoms with E-state index in [9.17, 15) is 19.2 Å². The fraction of sp³-hybridized carbons (Fsp3) is 0.136. The lowest BCUT2D eigenvalue weighted by Gasteiger charge is -2.09. The predicted octanol–water partition coefficient (Wildman–Crippen LogP) is 2.64. The third kappa shape index (κ3) is 5.38. The summed E-state index contributed by atoms with van der Waals surface area (Å²) in [6, 6.07) is 11.7. The van der Waals surface area contributed by atoms with Crippen molar-refractivity contribution in [2.24, 2.45) is 0 Å². The fourth-order valence-corrected chi connectivity index (χ4v) is 4.89. The Morgan fingerprint density at radius 1 is 1.06 bits per heavy atom. The van der Waals surface area contributed by atoms with Gasteiger partial charge in [0.15, 0.2) is 0 Å². The summed E-state index contributed by atoms with van der Waals surface area (Å²) >= 11 is 3.24. The molecule has 4 aromatic rings. The quantitative estimate of drug-likeness (QED) is 0.300. The van der Waals surface area contributed by atoms with Crippen molar-refractivity contribution in [3.63, 3.8) is 0 Å². The van der Waals surface area contributed by atoms with E-state index in [0.29, 0.717) is 5.56 Å². The number of carbonyl (C=O) groups is 2. The molecule has 0 saturated carbocycles. The van der Waals surface area contributed by atoms with Crippen LogP contribution in [0.4, 0.5) is 5.69 Å². The number of H-pyrrole nitrogens is 2. The molecule has 168 valence electrons. The van der Waals surface area contributed by atoms with E-state index in [1.165, 1.54) is 12.1 Å². The number of fused-ring (bicyclic) bond motifs is 1. The highest BCUT2D eigenvalue weighted by molar-refractivity contribution is 8.00. The number of thioether (sulfide) groups is 1. The molecule has 0 spiro atoms. The van der Waals surface area contributed by atoms with Gasteiger partial charge in [-0.15, -0.1) is 11.3 Å². The van der Waals surface area contributed by atoms with Crippen molar-refractivity contribution in [3.05, 3.63) is 85.4 Å². The van der Waals surface area contributed by atoms with Crippen LogP contribution in [0, 0.1) is 6.92 Å². The van der Waals surface area contributed by atoms with E-state index in [1.807, 2.05) is 24.4 Å². The minimum atomic E-state index is -0.534. The summed E-state index contributed by atoms with van der Waals surface area (Å²) in [7, 11) is 0. The van der Waals surface area contributed by atoms with E-state index in [2.05, 4.69) is 25.8 Å². The number of aryl methyl sites for hydroxylation is 1. The molecule has 9 nitrogen and oxygen atoms in total. The smallest absolute Gasteiger partial charge is 0.272 e. The van der Waals surface area contributed by atoms with E-state index in [-0.39, 0.29) is 23.0 Å². The van der Waals surface area contributed by atoms with Gasteiger partial charge in [-0.2, -0.15) is 0 Å². The van der Waals surface area contributed by atoms with Crippen molar-refractivity contribution in [3.8, 4) is 0 Å². The molecule has 2 amide bonds. The third-order valence-corrected chi connectivity index (χ3v) is 6.90. The normalized spacial score (nSPS) is 10.8. The molecule has 0 aliphatic rings. The molecule has 0 fully saturated rings. The van der Waals surface area contributed by atoms with Gasteiger partial charge in [0.05, 0.1) is 23.0 Å². The van der Waals surface area contributed by atoms with Crippen LogP contribution in [0.15, 0.2) is 61.8 Å². The first-order chi connectivity index (χ1) is 15.9. The monoisotopic (exact) mass is 481 g/mol. The van der Waals surface area contributed by atoms with Crippen molar-refractivity contribution in [2.75, 3.05) is 11.9 Å². The second-order valence-electron chi connectivity index (χ2n) is 7.11. The fourth-order valence-electron chi connectivity index (χ4n) is 3.09. The molecule has 0 atom stereocenters. The van der Waals surface area contributed by atoms with Crippen LogP contribution in [0.5, 0.6) is 0 Å². The van der Waals surface area contributed by atoms with Gasteiger partial charge in [0.25, 0.3) is 17.0 Å². The SMILES string of the molecule is Cc1csc(SCc2ccc(C(=O)NCC(=O)Nc3cccc4c(=O)[nH][nH]c(=O)c34)cc2)n1. The van der Waals surface area contributed by atoms with Crippen LogP contribution in [0.25, 0.3) is 10.8 Å². The highest BCUT2D eigenvalue weighted by Gasteiger charge is 2.12. The first kappa shape index (κ1) is 22.5. The maximum Gasteiger partial charge on any atom is 0.272 e. The Hall–Kier alpha value is -3.70. The zero-order valence-electron chi connectivity index (χ0n) is 17.4. The summed E-state index contributed by atoms with van der Waals surface area (Å²) in [6.45, 7) is 1.66. The minimum Gasteiger partial charge on any atom is -0.343 e. The summed E-state index contributed by atoms with van der Waals surface area (Å²) in [5, 5.41) is 11.8. The summed E-state index contributed by atoms with van der Waals surface area (Å²) in [5.41, 5.74) is 1.66. The number of nitrogens with zero attached hydrogens (tertiary/aromatic N) is 1. The largest absolute Gasteiger partial charge is 0.343 e. The number of rotatable bonds is 7. The van der Waals surface area contributed by atoms with Crippen molar-refractivity contribution >= 4 is 51.4 Å². The van der Waals surface area contributed by atoms with E-state index < -0.39 is 22.9 Å². The molecule has 0 aliphatic carbocycles. The third-order valence-electron chi connectivity index (χ3n) is 4.69. The summed E-state index contributed by atoms with van der Waals surface area (Å²) in [4.78, 5) is 53.1. The average molecular weight is 482 g/mol. The molecule has 4 N–H and O–H groups in total. The zero-order valence-corrected chi connectivity index (χ0v) is 19.1. The number of carbonyl (C=O) groups excluding carboxylic acids is 2. The number of thiazole rings is 1. The molecule has 2 aromatic carbocycles. The Balaban J connectivity index is 1.34. The molecule has 0 bridgehead atoms.